The molecular weight excluding hydrogens is 295 g/mol. The molecule has 0 aliphatic rings. The molecule has 15 heavy (non-hydrogen) atoms. The molecule has 1 rings (SSSR count). The average molecular weight is 311 g/mol. The molecule has 0 amide bonds. The number of nitrogens with zero attached hydrogens (tertiary/aromatic N) is 2. The SMILES string of the molecule is CCOc1cn[c]([Sn]([CH3])([CH3])[CH3])c(C#N)c1. The zero-order chi connectivity index (χ0) is 11.5. The summed E-state index contributed by atoms with van der Waals surface area (Å²) >= 11 is -2.26. The van der Waals surface area contributed by atoms with Crippen molar-refractivity contribution in [3.05, 3.63) is 17.8 Å². The van der Waals surface area contributed by atoms with Gasteiger partial charge in [-0.25, -0.2) is 0 Å². The Morgan fingerprint density at radius 1 is 1.47 bits per heavy atom. The van der Waals surface area contributed by atoms with Gasteiger partial charge in [-0.05, 0) is 0 Å². The zero-order valence-corrected chi connectivity index (χ0v) is 12.5. The van der Waals surface area contributed by atoms with Crippen LogP contribution in [0.15, 0.2) is 12.3 Å². The Labute approximate surface area is 95.0 Å². The second kappa shape index (κ2) is 4.84. The molecule has 0 N–H and O–H groups in total. The molecule has 0 atom stereocenters. The summed E-state index contributed by atoms with van der Waals surface area (Å²) in [6, 6.07) is 4.01. The van der Waals surface area contributed by atoms with Gasteiger partial charge in [-0.3, -0.25) is 0 Å². The van der Waals surface area contributed by atoms with E-state index < -0.39 is 18.4 Å². The van der Waals surface area contributed by atoms with Crippen LogP contribution in [0.3, 0.4) is 0 Å². The fourth-order valence-corrected chi connectivity index (χ4v) is 5.34. The normalized spacial score (nSPS) is 10.9. The molecule has 0 fully saturated rings. The van der Waals surface area contributed by atoms with Crippen molar-refractivity contribution in [1.82, 2.24) is 4.98 Å². The molecule has 0 bridgehead atoms. The molecule has 0 aliphatic heterocycles. The van der Waals surface area contributed by atoms with Gasteiger partial charge in [0.15, 0.2) is 0 Å². The van der Waals surface area contributed by atoms with E-state index >= 15 is 0 Å². The molecule has 0 aliphatic carbocycles. The van der Waals surface area contributed by atoms with Gasteiger partial charge >= 0.3 is 95.1 Å². The molecular formula is C11H16N2OSn. The third-order valence-electron chi connectivity index (χ3n) is 2.00. The number of nitriles is 1. The third kappa shape index (κ3) is 3.10. The van der Waals surface area contributed by atoms with Crippen LogP contribution in [-0.2, 0) is 0 Å². The molecule has 0 radical (unpaired) electrons. The molecule has 1 aromatic heterocycles. The Hall–Kier alpha value is -0.761. The number of hydrogen-bond donors (Lipinski definition) is 0. The number of ether oxygens (including phenoxy) is 1. The van der Waals surface area contributed by atoms with Gasteiger partial charge in [0.2, 0.25) is 0 Å². The van der Waals surface area contributed by atoms with Gasteiger partial charge in [-0.1, -0.05) is 0 Å². The second-order valence-corrected chi connectivity index (χ2v) is 18.6. The predicted octanol–water partition coefficient (Wildman–Crippen LogP) is 1.90. The van der Waals surface area contributed by atoms with Gasteiger partial charge in [-0.15, -0.1) is 0 Å². The molecule has 80 valence electrons. The number of aromatic nitrogens is 1. The molecule has 0 spiro atoms. The topological polar surface area (TPSA) is 45.9 Å². The van der Waals surface area contributed by atoms with Crippen molar-refractivity contribution in [2.24, 2.45) is 0 Å². The summed E-state index contributed by atoms with van der Waals surface area (Å²) in [5.74, 6) is 0.688. The fourth-order valence-electron chi connectivity index (χ4n) is 1.37. The molecule has 1 aromatic rings. The first-order chi connectivity index (χ1) is 6.99. The minimum absolute atomic E-state index is 0.602. The van der Waals surface area contributed by atoms with Gasteiger partial charge in [-0.2, -0.15) is 0 Å². The zero-order valence-electron chi connectivity index (χ0n) is 9.66. The summed E-state index contributed by atoms with van der Waals surface area (Å²) < 4.78 is 6.35. The minimum atomic E-state index is -2.26. The Bertz CT molecular complexity index is 391. The van der Waals surface area contributed by atoms with E-state index in [0.717, 1.165) is 3.71 Å². The van der Waals surface area contributed by atoms with E-state index in [1.165, 1.54) is 0 Å². The van der Waals surface area contributed by atoms with Crippen LogP contribution in [0.25, 0.3) is 0 Å². The first-order valence-electron chi connectivity index (χ1n) is 5.02. The van der Waals surface area contributed by atoms with Crippen molar-refractivity contribution in [2.75, 3.05) is 6.61 Å². The van der Waals surface area contributed by atoms with Crippen molar-refractivity contribution < 1.29 is 4.74 Å². The Morgan fingerprint density at radius 3 is 2.60 bits per heavy atom. The Morgan fingerprint density at radius 2 is 2.13 bits per heavy atom. The van der Waals surface area contributed by atoms with Crippen LogP contribution in [-0.4, -0.2) is 30.0 Å². The molecule has 0 unspecified atom stereocenters. The van der Waals surface area contributed by atoms with Crippen LogP contribution in [0, 0.1) is 11.3 Å². The fraction of sp³-hybridized carbons (Fsp3) is 0.455. The van der Waals surface area contributed by atoms with Crippen LogP contribution in [0.4, 0.5) is 0 Å². The molecule has 0 aromatic carbocycles. The van der Waals surface area contributed by atoms with Crippen molar-refractivity contribution in [3.8, 4) is 11.8 Å². The molecule has 1 heterocycles. The van der Waals surface area contributed by atoms with Crippen molar-refractivity contribution in [2.45, 2.75) is 21.7 Å². The number of pyridine rings is 1. The monoisotopic (exact) mass is 312 g/mol. The van der Waals surface area contributed by atoms with Gasteiger partial charge in [0.25, 0.3) is 0 Å². The first kappa shape index (κ1) is 12.3. The van der Waals surface area contributed by atoms with Crippen molar-refractivity contribution in [1.29, 1.82) is 5.26 Å². The summed E-state index contributed by atoms with van der Waals surface area (Å²) in [4.78, 5) is 11.1. The third-order valence-corrected chi connectivity index (χ3v) is 7.20. The first-order valence-corrected chi connectivity index (χ1v) is 15.0. The van der Waals surface area contributed by atoms with Gasteiger partial charge in [0, 0.05) is 0 Å². The van der Waals surface area contributed by atoms with E-state index in [2.05, 4.69) is 25.9 Å². The summed E-state index contributed by atoms with van der Waals surface area (Å²) in [6.07, 6.45) is 1.72. The van der Waals surface area contributed by atoms with E-state index in [4.69, 9.17) is 10.00 Å². The summed E-state index contributed by atoms with van der Waals surface area (Å²) in [5, 5.41) is 9.06. The quantitative estimate of drug-likeness (QED) is 0.801. The van der Waals surface area contributed by atoms with Crippen LogP contribution >= 0.6 is 0 Å². The maximum absolute atomic E-state index is 9.06. The second-order valence-electron chi connectivity index (χ2n) is 4.36. The van der Waals surface area contributed by atoms with Crippen LogP contribution < -0.4 is 8.45 Å². The van der Waals surface area contributed by atoms with Crippen LogP contribution in [0.2, 0.25) is 14.8 Å². The molecule has 4 heteroatoms. The average Bonchev–Trinajstić information content (AvgIpc) is 2.16. The summed E-state index contributed by atoms with van der Waals surface area (Å²) in [6.45, 7) is 2.52. The van der Waals surface area contributed by atoms with E-state index in [-0.39, 0.29) is 0 Å². The molecule has 0 saturated carbocycles. The van der Waals surface area contributed by atoms with E-state index in [0.29, 0.717) is 17.9 Å². The van der Waals surface area contributed by atoms with Gasteiger partial charge < -0.3 is 0 Å². The molecule has 3 nitrogen and oxygen atoms in total. The number of hydrogen-bond acceptors (Lipinski definition) is 3. The Balaban J connectivity index is 3.17. The predicted molar refractivity (Wildman–Crippen MR) is 63.1 cm³/mol. The van der Waals surface area contributed by atoms with E-state index in [9.17, 15) is 0 Å². The maximum atomic E-state index is 9.06. The van der Waals surface area contributed by atoms with Crippen molar-refractivity contribution in [3.63, 3.8) is 0 Å². The summed E-state index contributed by atoms with van der Waals surface area (Å²) in [5.41, 5.74) is 0.684. The van der Waals surface area contributed by atoms with Crippen LogP contribution in [0.1, 0.15) is 12.5 Å². The standard InChI is InChI=1S/C8H7N2O.3CH3.Sn/c1-2-11-8-3-7(4-9)5-10-6-8;;;;/h3,6H,2H2,1H3;3*1H3;. The number of rotatable bonds is 3. The van der Waals surface area contributed by atoms with Crippen molar-refractivity contribution >= 4 is 22.1 Å². The van der Waals surface area contributed by atoms with Gasteiger partial charge in [0.1, 0.15) is 0 Å². The summed E-state index contributed by atoms with van der Waals surface area (Å²) in [7, 11) is 0. The van der Waals surface area contributed by atoms with E-state index in [1.807, 2.05) is 6.92 Å². The van der Waals surface area contributed by atoms with Crippen LogP contribution in [0.5, 0.6) is 5.75 Å². The van der Waals surface area contributed by atoms with Gasteiger partial charge in [0.05, 0.1) is 0 Å². The van der Waals surface area contributed by atoms with E-state index in [1.54, 1.807) is 12.3 Å². The molecule has 0 saturated heterocycles. The Kier molecular flexibility index (Phi) is 3.97.